The number of nitrogens with one attached hydrogen (secondary N) is 1. The summed E-state index contributed by atoms with van der Waals surface area (Å²) in [5.41, 5.74) is -0.140. The maximum absolute atomic E-state index is 5.48. The molecule has 66 valence electrons. The fraction of sp³-hybridized carbons (Fsp3) is 0.778. The number of rotatable bonds is 5. The second kappa shape index (κ2) is 5.33. The van der Waals surface area contributed by atoms with Gasteiger partial charge in [0, 0.05) is 0 Å². The summed E-state index contributed by atoms with van der Waals surface area (Å²) in [6.07, 6.45) is 5.27. The van der Waals surface area contributed by atoms with Crippen molar-refractivity contribution in [3.63, 3.8) is 0 Å². The Labute approximate surface area is 69.6 Å². The van der Waals surface area contributed by atoms with Gasteiger partial charge < -0.3 is 4.74 Å². The minimum Gasteiger partial charge on any atom is -0.356 e. The largest absolute Gasteiger partial charge is 0.356 e. The minimum atomic E-state index is -0.140. The van der Waals surface area contributed by atoms with Gasteiger partial charge in [-0.3, -0.25) is 5.32 Å². The smallest absolute Gasteiger partial charge is 0.0974 e. The van der Waals surface area contributed by atoms with E-state index in [-0.39, 0.29) is 5.60 Å². The van der Waals surface area contributed by atoms with Crippen LogP contribution in [0.4, 0.5) is 0 Å². The van der Waals surface area contributed by atoms with Crippen LogP contribution in [0.1, 0.15) is 27.2 Å². The van der Waals surface area contributed by atoms with Crippen molar-refractivity contribution in [3.05, 3.63) is 12.2 Å². The molecule has 0 aliphatic heterocycles. The molecule has 0 bridgehead atoms. The van der Waals surface area contributed by atoms with Gasteiger partial charge in [0.2, 0.25) is 0 Å². The highest BCUT2D eigenvalue weighted by Gasteiger charge is 2.11. The molecule has 1 N–H and O–H groups in total. The van der Waals surface area contributed by atoms with Gasteiger partial charge in [0.1, 0.15) is 0 Å². The highest BCUT2D eigenvalue weighted by molar-refractivity contribution is 4.95. The molecule has 0 rings (SSSR count). The number of allylic oxidation sites excluding steroid dienone is 1. The van der Waals surface area contributed by atoms with Crippen molar-refractivity contribution in [1.29, 1.82) is 0 Å². The van der Waals surface area contributed by atoms with Gasteiger partial charge in [-0.05, 0) is 27.3 Å². The molecule has 2 heteroatoms. The summed E-state index contributed by atoms with van der Waals surface area (Å²) in [6.45, 7) is 6.82. The third-order valence-electron chi connectivity index (χ3n) is 1.34. The first kappa shape index (κ1) is 10.7. The Morgan fingerprint density at radius 1 is 1.45 bits per heavy atom. The van der Waals surface area contributed by atoms with E-state index in [1.165, 1.54) is 0 Å². The maximum Gasteiger partial charge on any atom is 0.0974 e. The zero-order valence-electron chi connectivity index (χ0n) is 7.98. The molecule has 0 aliphatic rings. The van der Waals surface area contributed by atoms with E-state index in [1.807, 2.05) is 7.05 Å². The zero-order chi connectivity index (χ0) is 8.74. The van der Waals surface area contributed by atoms with Crippen molar-refractivity contribution < 1.29 is 4.74 Å². The fourth-order valence-corrected chi connectivity index (χ4v) is 0.708. The van der Waals surface area contributed by atoms with Crippen LogP contribution in [0.15, 0.2) is 12.2 Å². The van der Waals surface area contributed by atoms with Gasteiger partial charge in [-0.1, -0.05) is 19.1 Å². The Bertz CT molecular complexity index is 119. The lowest BCUT2D eigenvalue weighted by atomic mass is 10.1. The maximum atomic E-state index is 5.48. The van der Waals surface area contributed by atoms with E-state index >= 15 is 0 Å². The van der Waals surface area contributed by atoms with E-state index in [4.69, 9.17) is 4.74 Å². The summed E-state index contributed by atoms with van der Waals surface area (Å²) in [7, 11) is 1.87. The molecule has 2 nitrogen and oxygen atoms in total. The second-order valence-corrected chi connectivity index (χ2v) is 3.06. The van der Waals surface area contributed by atoms with Crippen molar-refractivity contribution in [2.24, 2.45) is 0 Å². The molecule has 0 atom stereocenters. The first-order valence-corrected chi connectivity index (χ1v) is 4.08. The second-order valence-electron chi connectivity index (χ2n) is 3.06. The predicted octanol–water partition coefficient (Wildman–Crippen LogP) is 1.92. The van der Waals surface area contributed by atoms with Crippen LogP contribution in [0.5, 0.6) is 0 Å². The van der Waals surface area contributed by atoms with Crippen LogP contribution in [-0.4, -0.2) is 19.4 Å². The topological polar surface area (TPSA) is 21.3 Å². The Balaban J connectivity index is 3.69. The Morgan fingerprint density at radius 3 is 2.55 bits per heavy atom. The zero-order valence-corrected chi connectivity index (χ0v) is 7.98. The molecule has 0 unspecified atom stereocenters. The van der Waals surface area contributed by atoms with Crippen LogP contribution < -0.4 is 5.32 Å². The third-order valence-corrected chi connectivity index (χ3v) is 1.34. The SMILES string of the molecule is CC/C=C\C(C)(C)OCNC. The molecule has 0 spiro atoms. The summed E-state index contributed by atoms with van der Waals surface area (Å²) in [5, 5.41) is 2.94. The molecule has 0 radical (unpaired) electrons. The average molecular weight is 157 g/mol. The molecule has 0 amide bonds. The summed E-state index contributed by atoms with van der Waals surface area (Å²) in [6, 6.07) is 0. The molecule has 0 saturated carbocycles. The monoisotopic (exact) mass is 157 g/mol. The van der Waals surface area contributed by atoms with Crippen molar-refractivity contribution >= 4 is 0 Å². The normalized spacial score (nSPS) is 12.7. The third kappa shape index (κ3) is 6.07. The molecule has 0 saturated heterocycles. The summed E-state index contributed by atoms with van der Waals surface area (Å²) in [5.74, 6) is 0. The molecule has 0 heterocycles. The Kier molecular flexibility index (Phi) is 5.16. The van der Waals surface area contributed by atoms with Crippen LogP contribution in [0.3, 0.4) is 0 Å². The molecular weight excluding hydrogens is 138 g/mol. The van der Waals surface area contributed by atoms with Crippen LogP contribution in [-0.2, 0) is 4.74 Å². The minimum absolute atomic E-state index is 0.140. The Hall–Kier alpha value is -0.340. The lowest BCUT2D eigenvalue weighted by Crippen LogP contribution is -2.26. The highest BCUT2D eigenvalue weighted by atomic mass is 16.5. The summed E-state index contributed by atoms with van der Waals surface area (Å²) >= 11 is 0. The van der Waals surface area contributed by atoms with Gasteiger partial charge in [0.15, 0.2) is 0 Å². The quantitative estimate of drug-likeness (QED) is 0.486. The number of hydrogen-bond donors (Lipinski definition) is 1. The molecule has 0 aromatic carbocycles. The van der Waals surface area contributed by atoms with Crippen LogP contribution in [0.2, 0.25) is 0 Å². The van der Waals surface area contributed by atoms with Gasteiger partial charge in [0.25, 0.3) is 0 Å². The van der Waals surface area contributed by atoms with E-state index < -0.39 is 0 Å². The number of hydrogen-bond acceptors (Lipinski definition) is 2. The molecule has 0 aromatic heterocycles. The summed E-state index contributed by atoms with van der Waals surface area (Å²) < 4.78 is 5.48. The van der Waals surface area contributed by atoms with Gasteiger partial charge in [0.05, 0.1) is 12.3 Å². The van der Waals surface area contributed by atoms with Crippen molar-refractivity contribution in [1.82, 2.24) is 5.32 Å². The van der Waals surface area contributed by atoms with Crippen molar-refractivity contribution in [3.8, 4) is 0 Å². The fourth-order valence-electron chi connectivity index (χ4n) is 0.708. The van der Waals surface area contributed by atoms with Crippen molar-refractivity contribution in [2.45, 2.75) is 32.8 Å². The summed E-state index contributed by atoms with van der Waals surface area (Å²) in [4.78, 5) is 0. The molecule has 0 fully saturated rings. The van der Waals surface area contributed by atoms with Crippen LogP contribution >= 0.6 is 0 Å². The van der Waals surface area contributed by atoms with Crippen LogP contribution in [0.25, 0.3) is 0 Å². The van der Waals surface area contributed by atoms with Crippen molar-refractivity contribution in [2.75, 3.05) is 13.8 Å². The van der Waals surface area contributed by atoms with E-state index in [1.54, 1.807) is 0 Å². The first-order chi connectivity index (χ1) is 5.12. The Morgan fingerprint density at radius 2 is 2.09 bits per heavy atom. The highest BCUT2D eigenvalue weighted by Crippen LogP contribution is 2.10. The van der Waals surface area contributed by atoms with E-state index in [0.29, 0.717) is 6.73 Å². The lowest BCUT2D eigenvalue weighted by molar-refractivity contribution is 0.0112. The van der Waals surface area contributed by atoms with Gasteiger partial charge in [-0.2, -0.15) is 0 Å². The van der Waals surface area contributed by atoms with Crippen LogP contribution in [0, 0.1) is 0 Å². The standard InChI is InChI=1S/C9H19NO/c1-5-6-7-9(2,3)11-8-10-4/h6-7,10H,5,8H2,1-4H3/b7-6-. The molecule has 11 heavy (non-hydrogen) atoms. The lowest BCUT2D eigenvalue weighted by Gasteiger charge is -2.20. The first-order valence-electron chi connectivity index (χ1n) is 4.08. The molecule has 0 aliphatic carbocycles. The van der Waals surface area contributed by atoms with E-state index in [9.17, 15) is 0 Å². The van der Waals surface area contributed by atoms with E-state index in [0.717, 1.165) is 6.42 Å². The van der Waals surface area contributed by atoms with E-state index in [2.05, 4.69) is 38.2 Å². The molecule has 0 aromatic rings. The van der Waals surface area contributed by atoms with Gasteiger partial charge in [-0.15, -0.1) is 0 Å². The average Bonchev–Trinajstić information content (AvgIpc) is 1.97. The van der Waals surface area contributed by atoms with Gasteiger partial charge in [-0.25, -0.2) is 0 Å². The van der Waals surface area contributed by atoms with Gasteiger partial charge >= 0.3 is 0 Å². The predicted molar refractivity (Wildman–Crippen MR) is 48.5 cm³/mol. The number of ether oxygens (including phenoxy) is 1. The molecular formula is C9H19NO.